The number of rotatable bonds is 7. The second-order valence-electron chi connectivity index (χ2n) is 5.66. The van der Waals surface area contributed by atoms with Crippen LogP contribution in [0.5, 0.6) is 0 Å². The summed E-state index contributed by atoms with van der Waals surface area (Å²) < 4.78 is 0. The minimum atomic E-state index is 0.757. The van der Waals surface area contributed by atoms with Crippen molar-refractivity contribution < 1.29 is 0 Å². The summed E-state index contributed by atoms with van der Waals surface area (Å²) in [5, 5.41) is 9.00. The van der Waals surface area contributed by atoms with Crippen molar-refractivity contribution in [1.29, 1.82) is 0 Å². The van der Waals surface area contributed by atoms with E-state index in [0.717, 1.165) is 31.4 Å². The van der Waals surface area contributed by atoms with Crippen molar-refractivity contribution >= 4 is 17.3 Å². The van der Waals surface area contributed by atoms with Gasteiger partial charge in [-0.25, -0.2) is 0 Å². The number of hydrogen-bond acceptors (Lipinski definition) is 3. The van der Waals surface area contributed by atoms with Crippen LogP contribution in [0.25, 0.3) is 0 Å². The zero-order valence-electron chi connectivity index (χ0n) is 13.3. The normalized spacial score (nSPS) is 19.9. The van der Waals surface area contributed by atoms with Crippen LogP contribution in [0.3, 0.4) is 0 Å². The molecule has 4 nitrogen and oxygen atoms in total. The van der Waals surface area contributed by atoms with Crippen molar-refractivity contribution in [3.8, 4) is 0 Å². The predicted octanol–water partition coefficient (Wildman–Crippen LogP) is 2.19. The molecule has 118 valence electrons. The van der Waals surface area contributed by atoms with Crippen LogP contribution in [0.2, 0.25) is 0 Å². The summed E-state index contributed by atoms with van der Waals surface area (Å²) in [4.78, 5) is 8.30. The van der Waals surface area contributed by atoms with Crippen molar-refractivity contribution in [2.75, 3.05) is 39.8 Å². The van der Waals surface area contributed by atoms with Crippen LogP contribution >= 0.6 is 11.3 Å². The van der Waals surface area contributed by atoms with Gasteiger partial charge in [-0.1, -0.05) is 13.0 Å². The fourth-order valence-electron chi connectivity index (χ4n) is 2.82. The van der Waals surface area contributed by atoms with Crippen LogP contribution in [0, 0.1) is 5.92 Å². The second-order valence-corrected chi connectivity index (χ2v) is 6.70. The number of hydrogen-bond donors (Lipinski definition) is 2. The lowest BCUT2D eigenvalue weighted by Gasteiger charge is -2.16. The van der Waals surface area contributed by atoms with Crippen LogP contribution in [0.1, 0.15) is 24.6 Å². The maximum atomic E-state index is 4.31. The highest BCUT2D eigenvalue weighted by molar-refractivity contribution is 7.09. The number of thiophene rings is 1. The van der Waals surface area contributed by atoms with E-state index >= 15 is 0 Å². The number of nitrogens with zero attached hydrogens (tertiary/aromatic N) is 2. The first-order chi connectivity index (χ1) is 10.3. The summed E-state index contributed by atoms with van der Waals surface area (Å²) >= 11 is 1.81. The van der Waals surface area contributed by atoms with Gasteiger partial charge in [0, 0.05) is 31.6 Å². The van der Waals surface area contributed by atoms with Crippen molar-refractivity contribution in [2.45, 2.75) is 26.2 Å². The van der Waals surface area contributed by atoms with E-state index in [1.807, 2.05) is 18.4 Å². The summed E-state index contributed by atoms with van der Waals surface area (Å²) in [7, 11) is 1.85. The van der Waals surface area contributed by atoms with E-state index < -0.39 is 0 Å². The Balaban J connectivity index is 1.62. The molecule has 0 spiro atoms. The Hall–Kier alpha value is -1.07. The van der Waals surface area contributed by atoms with Gasteiger partial charge in [-0.05, 0) is 49.7 Å². The molecule has 0 radical (unpaired) electrons. The van der Waals surface area contributed by atoms with E-state index in [2.05, 4.69) is 45.0 Å². The van der Waals surface area contributed by atoms with Gasteiger partial charge in [0.1, 0.15) is 0 Å². The highest BCUT2D eigenvalue weighted by Crippen LogP contribution is 2.15. The van der Waals surface area contributed by atoms with Gasteiger partial charge < -0.3 is 15.5 Å². The van der Waals surface area contributed by atoms with E-state index in [1.54, 1.807) is 0 Å². The first kappa shape index (κ1) is 16.3. The molecule has 0 bridgehead atoms. The lowest BCUT2D eigenvalue weighted by Crippen LogP contribution is -2.41. The van der Waals surface area contributed by atoms with Crippen molar-refractivity contribution in [1.82, 2.24) is 15.5 Å². The van der Waals surface area contributed by atoms with Gasteiger partial charge in [-0.2, -0.15) is 0 Å². The third kappa shape index (κ3) is 5.67. The molecular weight excluding hydrogens is 280 g/mol. The molecule has 1 atom stereocenters. The van der Waals surface area contributed by atoms with Crippen LogP contribution < -0.4 is 10.6 Å². The van der Waals surface area contributed by atoms with Crippen LogP contribution in [0.15, 0.2) is 22.5 Å². The van der Waals surface area contributed by atoms with Gasteiger partial charge in [-0.3, -0.25) is 4.99 Å². The molecular formula is C16H28N4S. The smallest absolute Gasteiger partial charge is 0.190 e. The average molecular weight is 308 g/mol. The molecule has 2 N–H and O–H groups in total. The summed E-state index contributed by atoms with van der Waals surface area (Å²) in [6, 6.07) is 4.29. The fourth-order valence-corrected chi connectivity index (χ4v) is 3.53. The summed E-state index contributed by atoms with van der Waals surface area (Å²) in [6.07, 6.45) is 3.62. The Kier molecular flexibility index (Phi) is 7.03. The minimum absolute atomic E-state index is 0.757. The highest BCUT2D eigenvalue weighted by Gasteiger charge is 2.21. The fraction of sp³-hybridized carbons (Fsp3) is 0.688. The molecule has 0 saturated carbocycles. The first-order valence-electron chi connectivity index (χ1n) is 8.01. The molecule has 1 saturated heterocycles. The number of likely N-dealkylation sites (tertiary alicyclic amines) is 1. The molecule has 1 aliphatic rings. The van der Waals surface area contributed by atoms with Gasteiger partial charge in [0.25, 0.3) is 0 Å². The predicted molar refractivity (Wildman–Crippen MR) is 92.2 cm³/mol. The van der Waals surface area contributed by atoms with Crippen LogP contribution in [0.4, 0.5) is 0 Å². The summed E-state index contributed by atoms with van der Waals surface area (Å²) in [6.45, 7) is 7.94. The van der Waals surface area contributed by atoms with Gasteiger partial charge in [-0.15, -0.1) is 11.3 Å². The molecule has 1 aliphatic heterocycles. The third-order valence-corrected chi connectivity index (χ3v) is 4.87. The van der Waals surface area contributed by atoms with Crippen molar-refractivity contribution in [2.24, 2.45) is 10.9 Å². The average Bonchev–Trinajstić information content (AvgIpc) is 3.15. The molecule has 21 heavy (non-hydrogen) atoms. The zero-order chi connectivity index (χ0) is 14.9. The SMILES string of the molecule is CCCN1CCC(CNC(=NC)NCCc2cccs2)C1. The number of aliphatic imine (C=N–C) groups is 1. The van der Waals surface area contributed by atoms with Crippen LogP contribution in [-0.2, 0) is 6.42 Å². The standard InChI is InChI=1S/C16H28N4S/c1-3-9-20-10-7-14(13-20)12-19-16(17-2)18-8-6-15-5-4-11-21-15/h4-5,11,14H,3,6-10,12-13H2,1-2H3,(H2,17,18,19). The molecule has 1 aromatic heterocycles. The van der Waals surface area contributed by atoms with E-state index in [0.29, 0.717) is 0 Å². The molecule has 0 aliphatic carbocycles. The summed E-state index contributed by atoms with van der Waals surface area (Å²) in [5.41, 5.74) is 0. The van der Waals surface area contributed by atoms with Gasteiger partial charge in [0.2, 0.25) is 0 Å². The number of nitrogens with one attached hydrogen (secondary N) is 2. The molecule has 1 unspecified atom stereocenters. The van der Waals surface area contributed by atoms with Gasteiger partial charge in [0.15, 0.2) is 5.96 Å². The van der Waals surface area contributed by atoms with Crippen molar-refractivity contribution in [3.05, 3.63) is 22.4 Å². The Morgan fingerprint density at radius 2 is 2.38 bits per heavy atom. The largest absolute Gasteiger partial charge is 0.356 e. The van der Waals surface area contributed by atoms with E-state index in [9.17, 15) is 0 Å². The van der Waals surface area contributed by atoms with E-state index in [1.165, 1.54) is 37.4 Å². The van der Waals surface area contributed by atoms with Gasteiger partial charge >= 0.3 is 0 Å². The molecule has 0 amide bonds. The minimum Gasteiger partial charge on any atom is -0.356 e. The Bertz CT molecular complexity index is 416. The first-order valence-corrected chi connectivity index (χ1v) is 8.89. The maximum Gasteiger partial charge on any atom is 0.190 e. The maximum absolute atomic E-state index is 4.31. The Morgan fingerprint density at radius 3 is 3.10 bits per heavy atom. The third-order valence-electron chi connectivity index (χ3n) is 3.94. The van der Waals surface area contributed by atoms with E-state index in [4.69, 9.17) is 0 Å². The summed E-state index contributed by atoms with van der Waals surface area (Å²) in [5.74, 6) is 1.69. The Morgan fingerprint density at radius 1 is 1.48 bits per heavy atom. The zero-order valence-corrected chi connectivity index (χ0v) is 14.1. The van der Waals surface area contributed by atoms with Gasteiger partial charge in [0.05, 0.1) is 0 Å². The molecule has 2 heterocycles. The van der Waals surface area contributed by atoms with Crippen molar-refractivity contribution in [3.63, 3.8) is 0 Å². The lowest BCUT2D eigenvalue weighted by molar-refractivity contribution is 0.324. The molecule has 5 heteroatoms. The topological polar surface area (TPSA) is 39.7 Å². The molecule has 0 aromatic carbocycles. The second kappa shape index (κ2) is 9.05. The number of guanidine groups is 1. The highest BCUT2D eigenvalue weighted by atomic mass is 32.1. The van der Waals surface area contributed by atoms with E-state index in [-0.39, 0.29) is 0 Å². The van der Waals surface area contributed by atoms with Crippen LogP contribution in [-0.4, -0.2) is 50.6 Å². The molecule has 1 fully saturated rings. The molecule has 2 rings (SSSR count). The quantitative estimate of drug-likeness (QED) is 0.599. The monoisotopic (exact) mass is 308 g/mol. The molecule has 1 aromatic rings. The Labute approximate surface area is 132 Å². The lowest BCUT2D eigenvalue weighted by atomic mass is 10.1.